The Bertz CT molecular complexity index is 654. The number of hydrogen-bond acceptors (Lipinski definition) is 4. The normalized spacial score (nSPS) is 9.70. The fraction of sp³-hybridized carbons (Fsp3) is 0.214. The van der Waals surface area contributed by atoms with Crippen LogP contribution in [0.5, 0.6) is 0 Å². The highest BCUT2D eigenvalue weighted by Crippen LogP contribution is 2.14. The van der Waals surface area contributed by atoms with Gasteiger partial charge in [-0.3, -0.25) is 4.79 Å². The van der Waals surface area contributed by atoms with E-state index in [0.717, 1.165) is 11.1 Å². The lowest BCUT2D eigenvalue weighted by Crippen LogP contribution is -2.19. The summed E-state index contributed by atoms with van der Waals surface area (Å²) >= 11 is 0. The van der Waals surface area contributed by atoms with E-state index in [9.17, 15) is 4.79 Å². The molecule has 0 bridgehead atoms. The van der Waals surface area contributed by atoms with E-state index in [1.54, 1.807) is 12.1 Å². The first-order valence-electron chi connectivity index (χ1n) is 6.01. The second-order valence-electron chi connectivity index (χ2n) is 4.13. The number of hydrogen-bond donors (Lipinski definition) is 2. The summed E-state index contributed by atoms with van der Waals surface area (Å²) in [4.78, 5) is 15.6. The maximum atomic E-state index is 11.8. The summed E-state index contributed by atoms with van der Waals surface area (Å²) in [6, 6.07) is 5.45. The van der Waals surface area contributed by atoms with E-state index in [1.807, 2.05) is 13.0 Å². The van der Waals surface area contributed by atoms with E-state index < -0.39 is 0 Å². The Labute approximate surface area is 116 Å². The van der Waals surface area contributed by atoms with Crippen molar-refractivity contribution >= 4 is 11.6 Å². The topological polar surface area (TPSA) is 80.0 Å². The van der Waals surface area contributed by atoms with Crippen molar-refractivity contribution in [1.29, 1.82) is 0 Å². The van der Waals surface area contributed by atoms with Crippen LogP contribution in [0, 0.1) is 18.8 Å². The van der Waals surface area contributed by atoms with Gasteiger partial charge in [-0.1, -0.05) is 17.9 Å². The monoisotopic (exact) mass is 270 g/mol. The number of amides is 1. The maximum Gasteiger partial charge on any atom is 0.246 e. The lowest BCUT2D eigenvalue weighted by atomic mass is 10.1. The molecular weight excluding hydrogens is 256 g/mol. The molecule has 0 radical (unpaired) electrons. The van der Waals surface area contributed by atoms with E-state index in [2.05, 4.69) is 27.2 Å². The summed E-state index contributed by atoms with van der Waals surface area (Å²) in [7, 11) is 0. The predicted molar refractivity (Wildman–Crippen MR) is 73.8 cm³/mol. The van der Waals surface area contributed by atoms with Gasteiger partial charge in [-0.2, -0.15) is 5.10 Å². The SMILES string of the molecule is Cc1ccc(NC(=O)Cn2cncn2)cc1C#CCO. The largest absolute Gasteiger partial charge is 0.384 e. The number of aromatic nitrogens is 3. The van der Waals surface area contributed by atoms with Crippen LogP contribution in [0.4, 0.5) is 5.69 Å². The van der Waals surface area contributed by atoms with Crippen molar-refractivity contribution in [2.24, 2.45) is 0 Å². The number of aliphatic hydroxyl groups is 1. The molecule has 0 saturated heterocycles. The number of nitrogens with zero attached hydrogens (tertiary/aromatic N) is 3. The van der Waals surface area contributed by atoms with Crippen molar-refractivity contribution in [1.82, 2.24) is 14.8 Å². The number of aryl methyl sites for hydroxylation is 1. The quantitative estimate of drug-likeness (QED) is 0.799. The molecule has 1 aromatic carbocycles. The molecule has 1 aromatic heterocycles. The molecule has 0 aliphatic carbocycles. The zero-order valence-electron chi connectivity index (χ0n) is 11.0. The average molecular weight is 270 g/mol. The van der Waals surface area contributed by atoms with Crippen LogP contribution in [0.1, 0.15) is 11.1 Å². The van der Waals surface area contributed by atoms with Crippen LogP contribution < -0.4 is 5.32 Å². The smallest absolute Gasteiger partial charge is 0.246 e. The summed E-state index contributed by atoms with van der Waals surface area (Å²) < 4.78 is 1.44. The van der Waals surface area contributed by atoms with Crippen molar-refractivity contribution in [3.63, 3.8) is 0 Å². The highest BCUT2D eigenvalue weighted by atomic mass is 16.2. The van der Waals surface area contributed by atoms with E-state index in [4.69, 9.17) is 5.11 Å². The van der Waals surface area contributed by atoms with E-state index in [1.165, 1.54) is 17.3 Å². The Morgan fingerprint density at radius 3 is 3.05 bits per heavy atom. The van der Waals surface area contributed by atoms with Gasteiger partial charge in [0.15, 0.2) is 0 Å². The molecular formula is C14H14N4O2. The fourth-order valence-corrected chi connectivity index (χ4v) is 1.63. The minimum absolute atomic E-state index is 0.103. The summed E-state index contributed by atoms with van der Waals surface area (Å²) in [6.07, 6.45) is 2.86. The molecule has 0 spiro atoms. The first-order valence-corrected chi connectivity index (χ1v) is 6.01. The third-order valence-corrected chi connectivity index (χ3v) is 2.60. The summed E-state index contributed by atoms with van der Waals surface area (Å²) in [6.45, 7) is 1.83. The van der Waals surface area contributed by atoms with Gasteiger partial charge in [-0.05, 0) is 24.6 Å². The standard InChI is InChI=1S/C14H14N4O2/c1-11-4-5-13(7-12(11)3-2-6-19)17-14(20)8-18-10-15-9-16-18/h4-5,7,9-10,19H,6,8H2,1H3,(H,17,20). The van der Waals surface area contributed by atoms with Gasteiger partial charge in [-0.25, -0.2) is 9.67 Å². The summed E-state index contributed by atoms with van der Waals surface area (Å²) in [5.74, 6) is 5.24. The second-order valence-corrected chi connectivity index (χ2v) is 4.13. The molecule has 6 nitrogen and oxygen atoms in total. The van der Waals surface area contributed by atoms with Crippen molar-refractivity contribution in [3.8, 4) is 11.8 Å². The molecule has 1 heterocycles. The van der Waals surface area contributed by atoms with Gasteiger partial charge < -0.3 is 10.4 Å². The average Bonchev–Trinajstić information content (AvgIpc) is 2.92. The van der Waals surface area contributed by atoms with Gasteiger partial charge in [0.05, 0.1) is 0 Å². The Hall–Kier alpha value is -2.65. The van der Waals surface area contributed by atoms with Crippen molar-refractivity contribution in [2.75, 3.05) is 11.9 Å². The first kappa shape index (κ1) is 13.8. The van der Waals surface area contributed by atoms with Crippen LogP contribution in [0.2, 0.25) is 0 Å². The van der Waals surface area contributed by atoms with Gasteiger partial charge >= 0.3 is 0 Å². The summed E-state index contributed by atoms with van der Waals surface area (Å²) in [5.41, 5.74) is 2.42. The maximum absolute atomic E-state index is 11.8. The van der Waals surface area contributed by atoms with Crippen LogP contribution in [-0.2, 0) is 11.3 Å². The first-order chi connectivity index (χ1) is 9.69. The minimum Gasteiger partial charge on any atom is -0.384 e. The molecule has 0 aliphatic heterocycles. The lowest BCUT2D eigenvalue weighted by molar-refractivity contribution is -0.116. The molecule has 6 heteroatoms. The molecule has 0 unspecified atom stereocenters. The second kappa shape index (κ2) is 6.50. The highest BCUT2D eigenvalue weighted by Gasteiger charge is 2.05. The molecule has 2 aromatic rings. The van der Waals surface area contributed by atoms with Crippen molar-refractivity contribution < 1.29 is 9.90 Å². The number of carbonyl (C=O) groups is 1. The number of anilines is 1. The number of carbonyl (C=O) groups excluding carboxylic acids is 1. The summed E-state index contributed by atoms with van der Waals surface area (Å²) in [5, 5.41) is 15.3. The third kappa shape index (κ3) is 3.67. The Kier molecular flexibility index (Phi) is 4.47. The van der Waals surface area contributed by atoms with Crippen LogP contribution in [-0.4, -0.2) is 32.4 Å². The Morgan fingerprint density at radius 1 is 1.50 bits per heavy atom. The molecule has 102 valence electrons. The van der Waals surface area contributed by atoms with Crippen molar-refractivity contribution in [3.05, 3.63) is 42.0 Å². The molecule has 0 saturated carbocycles. The van der Waals surface area contributed by atoms with Gasteiger partial charge in [0, 0.05) is 11.3 Å². The predicted octanol–water partition coefficient (Wildman–Crippen LogP) is 0.569. The number of rotatable bonds is 3. The van der Waals surface area contributed by atoms with Crippen molar-refractivity contribution in [2.45, 2.75) is 13.5 Å². The van der Waals surface area contributed by atoms with Gasteiger partial charge in [0.25, 0.3) is 0 Å². The van der Waals surface area contributed by atoms with Crippen LogP contribution in [0.25, 0.3) is 0 Å². The number of benzene rings is 1. The third-order valence-electron chi connectivity index (χ3n) is 2.60. The molecule has 0 atom stereocenters. The Morgan fingerprint density at radius 2 is 2.35 bits per heavy atom. The van der Waals surface area contributed by atoms with Crippen LogP contribution in [0.3, 0.4) is 0 Å². The lowest BCUT2D eigenvalue weighted by Gasteiger charge is -2.07. The highest BCUT2D eigenvalue weighted by molar-refractivity contribution is 5.90. The molecule has 0 aliphatic rings. The van der Waals surface area contributed by atoms with Crippen LogP contribution >= 0.6 is 0 Å². The van der Waals surface area contributed by atoms with E-state index in [0.29, 0.717) is 5.69 Å². The van der Waals surface area contributed by atoms with Gasteiger partial charge in [-0.15, -0.1) is 0 Å². The zero-order valence-corrected chi connectivity index (χ0v) is 11.0. The minimum atomic E-state index is -0.194. The van der Waals surface area contributed by atoms with E-state index in [-0.39, 0.29) is 19.1 Å². The molecule has 20 heavy (non-hydrogen) atoms. The molecule has 2 N–H and O–H groups in total. The van der Waals surface area contributed by atoms with E-state index >= 15 is 0 Å². The zero-order chi connectivity index (χ0) is 14.4. The molecule has 2 rings (SSSR count). The van der Waals surface area contributed by atoms with Gasteiger partial charge in [0.1, 0.15) is 25.8 Å². The Balaban J connectivity index is 2.07. The molecule has 1 amide bonds. The molecule has 0 fully saturated rings. The number of aliphatic hydroxyl groups excluding tert-OH is 1. The fourth-order valence-electron chi connectivity index (χ4n) is 1.63. The number of nitrogens with one attached hydrogen (secondary N) is 1. The van der Waals surface area contributed by atoms with Gasteiger partial charge in [0.2, 0.25) is 5.91 Å². The van der Waals surface area contributed by atoms with Crippen LogP contribution in [0.15, 0.2) is 30.9 Å².